The highest BCUT2D eigenvalue weighted by Gasteiger charge is 2.15. The first kappa shape index (κ1) is 17.5. The zero-order valence-electron chi connectivity index (χ0n) is 14.8. The van der Waals surface area contributed by atoms with Gasteiger partial charge in [0.25, 0.3) is 5.91 Å². The Balaban J connectivity index is 1.48. The Bertz CT molecular complexity index is 719. The highest BCUT2D eigenvalue weighted by molar-refractivity contribution is 5.91. The molecule has 132 valence electrons. The second-order valence-electron chi connectivity index (χ2n) is 6.81. The highest BCUT2D eigenvalue weighted by Crippen LogP contribution is 2.21. The summed E-state index contributed by atoms with van der Waals surface area (Å²) in [6, 6.07) is 12.1. The maximum atomic E-state index is 12.2. The number of hydrogen-bond acceptors (Lipinski definition) is 3. The zero-order valence-corrected chi connectivity index (χ0v) is 14.8. The summed E-state index contributed by atoms with van der Waals surface area (Å²) in [5.41, 5.74) is 3.54. The number of allylic oxidation sites excluding steroid dienone is 1. The molecule has 1 atom stereocenters. The van der Waals surface area contributed by atoms with Crippen molar-refractivity contribution in [2.75, 3.05) is 6.54 Å². The van der Waals surface area contributed by atoms with Crippen LogP contribution in [0.1, 0.15) is 66.8 Å². The van der Waals surface area contributed by atoms with Crippen molar-refractivity contribution >= 4 is 5.91 Å². The monoisotopic (exact) mass is 338 g/mol. The maximum Gasteiger partial charge on any atom is 0.289 e. The van der Waals surface area contributed by atoms with E-state index in [4.69, 9.17) is 4.52 Å². The van der Waals surface area contributed by atoms with Crippen LogP contribution >= 0.6 is 0 Å². The quantitative estimate of drug-likeness (QED) is 0.748. The Morgan fingerprint density at radius 2 is 2.12 bits per heavy atom. The summed E-state index contributed by atoms with van der Waals surface area (Å²) < 4.78 is 5.23. The molecule has 1 aromatic heterocycles. The van der Waals surface area contributed by atoms with Crippen LogP contribution in [0.2, 0.25) is 0 Å². The highest BCUT2D eigenvalue weighted by atomic mass is 16.5. The average molecular weight is 338 g/mol. The lowest BCUT2D eigenvalue weighted by Gasteiger charge is -2.12. The van der Waals surface area contributed by atoms with Crippen molar-refractivity contribution in [3.63, 3.8) is 0 Å². The molecule has 4 heteroatoms. The van der Waals surface area contributed by atoms with Gasteiger partial charge in [-0.3, -0.25) is 4.79 Å². The smallest absolute Gasteiger partial charge is 0.289 e. The van der Waals surface area contributed by atoms with Crippen LogP contribution < -0.4 is 5.32 Å². The minimum absolute atomic E-state index is 0.178. The van der Waals surface area contributed by atoms with E-state index in [0.717, 1.165) is 18.5 Å². The summed E-state index contributed by atoms with van der Waals surface area (Å²) in [5, 5.41) is 6.98. The van der Waals surface area contributed by atoms with Crippen LogP contribution in [0.3, 0.4) is 0 Å². The lowest BCUT2D eigenvalue weighted by Crippen LogP contribution is -2.24. The minimum Gasteiger partial charge on any atom is -0.351 e. The van der Waals surface area contributed by atoms with Gasteiger partial charge in [-0.1, -0.05) is 54.1 Å². The SMILES string of the molecule is CC(Cc1cc(C(=O)NCCC2=CCCCC2)on1)c1ccccc1. The molecule has 1 aliphatic carbocycles. The summed E-state index contributed by atoms with van der Waals surface area (Å²) in [6.45, 7) is 2.81. The number of rotatable bonds is 7. The number of nitrogens with one attached hydrogen (secondary N) is 1. The molecule has 1 N–H and O–H groups in total. The van der Waals surface area contributed by atoms with E-state index in [1.54, 1.807) is 6.07 Å². The van der Waals surface area contributed by atoms with Crippen LogP contribution in [-0.4, -0.2) is 17.6 Å². The van der Waals surface area contributed by atoms with Crippen LogP contribution in [0, 0.1) is 0 Å². The number of nitrogens with zero attached hydrogens (tertiary/aromatic N) is 1. The third kappa shape index (κ3) is 5.05. The summed E-state index contributed by atoms with van der Waals surface area (Å²) in [5.74, 6) is 0.454. The molecule has 1 aromatic carbocycles. The number of amides is 1. The molecule has 4 nitrogen and oxygen atoms in total. The van der Waals surface area contributed by atoms with Crippen molar-refractivity contribution in [1.29, 1.82) is 0 Å². The molecule has 1 aliphatic rings. The van der Waals surface area contributed by atoms with Crippen LogP contribution in [0.5, 0.6) is 0 Å². The molecule has 0 spiro atoms. The third-order valence-electron chi connectivity index (χ3n) is 4.78. The van der Waals surface area contributed by atoms with Gasteiger partial charge in [0.15, 0.2) is 0 Å². The molecule has 1 heterocycles. The van der Waals surface area contributed by atoms with Crippen LogP contribution in [0.15, 0.2) is 52.6 Å². The van der Waals surface area contributed by atoms with Gasteiger partial charge in [-0.2, -0.15) is 0 Å². The van der Waals surface area contributed by atoms with E-state index < -0.39 is 0 Å². The fraction of sp³-hybridized carbons (Fsp3) is 0.429. The van der Waals surface area contributed by atoms with Gasteiger partial charge in [0.05, 0.1) is 5.69 Å². The zero-order chi connectivity index (χ0) is 17.5. The van der Waals surface area contributed by atoms with Crippen LogP contribution in [0.4, 0.5) is 0 Å². The second-order valence-corrected chi connectivity index (χ2v) is 6.81. The molecule has 1 amide bonds. The van der Waals surface area contributed by atoms with Gasteiger partial charge in [-0.05, 0) is 50.0 Å². The summed E-state index contributed by atoms with van der Waals surface area (Å²) in [7, 11) is 0. The molecule has 0 aliphatic heterocycles. The number of carbonyl (C=O) groups is 1. The average Bonchev–Trinajstić information content (AvgIpc) is 3.12. The maximum absolute atomic E-state index is 12.2. The van der Waals surface area contributed by atoms with Crippen molar-refractivity contribution in [2.45, 2.75) is 51.4 Å². The molecule has 0 bridgehead atoms. The molecule has 0 radical (unpaired) electrons. The standard InChI is InChI=1S/C21H26N2O2/c1-16(18-10-6-3-7-11-18)14-19-15-20(25-23-19)21(24)22-13-12-17-8-4-2-5-9-17/h3,6-8,10-11,15-16H,2,4-5,9,12-14H2,1H3,(H,22,24). The Morgan fingerprint density at radius 3 is 2.88 bits per heavy atom. The molecule has 0 saturated carbocycles. The third-order valence-corrected chi connectivity index (χ3v) is 4.78. The first-order valence-electron chi connectivity index (χ1n) is 9.19. The Hall–Kier alpha value is -2.36. The van der Waals surface area contributed by atoms with E-state index in [2.05, 4.69) is 35.6 Å². The first-order chi connectivity index (χ1) is 12.2. The van der Waals surface area contributed by atoms with Crippen molar-refractivity contribution < 1.29 is 9.32 Å². The fourth-order valence-corrected chi connectivity index (χ4v) is 3.28. The lowest BCUT2D eigenvalue weighted by molar-refractivity contribution is 0.0917. The summed E-state index contributed by atoms with van der Waals surface area (Å²) >= 11 is 0. The van der Waals surface area contributed by atoms with Gasteiger partial charge < -0.3 is 9.84 Å². The van der Waals surface area contributed by atoms with E-state index in [1.165, 1.54) is 36.8 Å². The van der Waals surface area contributed by atoms with Crippen molar-refractivity contribution in [3.8, 4) is 0 Å². The summed E-state index contributed by atoms with van der Waals surface area (Å²) in [6.07, 6.45) is 8.90. The topological polar surface area (TPSA) is 55.1 Å². The minimum atomic E-state index is -0.178. The van der Waals surface area contributed by atoms with Crippen LogP contribution in [0.25, 0.3) is 0 Å². The van der Waals surface area contributed by atoms with Gasteiger partial charge >= 0.3 is 0 Å². The molecule has 3 rings (SSSR count). The van der Waals surface area contributed by atoms with E-state index in [1.807, 2.05) is 18.2 Å². The first-order valence-corrected chi connectivity index (χ1v) is 9.19. The van der Waals surface area contributed by atoms with Gasteiger partial charge in [0.1, 0.15) is 0 Å². The largest absolute Gasteiger partial charge is 0.351 e. The van der Waals surface area contributed by atoms with Gasteiger partial charge in [0.2, 0.25) is 5.76 Å². The van der Waals surface area contributed by atoms with E-state index in [0.29, 0.717) is 18.2 Å². The molecule has 2 aromatic rings. The Labute approximate surface area is 149 Å². The predicted octanol–water partition coefficient (Wildman–Crippen LogP) is 4.64. The Kier molecular flexibility index (Phi) is 6.04. The number of carbonyl (C=O) groups excluding carboxylic acids is 1. The second kappa shape index (κ2) is 8.65. The molecule has 0 saturated heterocycles. The van der Waals surface area contributed by atoms with E-state index >= 15 is 0 Å². The molecule has 0 fully saturated rings. The van der Waals surface area contributed by atoms with Crippen LogP contribution in [-0.2, 0) is 6.42 Å². The molecule has 25 heavy (non-hydrogen) atoms. The molecule has 1 unspecified atom stereocenters. The van der Waals surface area contributed by atoms with Crippen molar-refractivity contribution in [2.24, 2.45) is 0 Å². The molecular formula is C21H26N2O2. The van der Waals surface area contributed by atoms with Gasteiger partial charge in [0, 0.05) is 12.6 Å². The number of hydrogen-bond donors (Lipinski definition) is 1. The normalized spacial score (nSPS) is 15.5. The Morgan fingerprint density at radius 1 is 1.28 bits per heavy atom. The number of aromatic nitrogens is 1. The van der Waals surface area contributed by atoms with Gasteiger partial charge in [-0.25, -0.2) is 0 Å². The van der Waals surface area contributed by atoms with E-state index in [-0.39, 0.29) is 5.91 Å². The summed E-state index contributed by atoms with van der Waals surface area (Å²) in [4.78, 5) is 12.2. The molecular weight excluding hydrogens is 312 g/mol. The fourth-order valence-electron chi connectivity index (χ4n) is 3.28. The predicted molar refractivity (Wildman–Crippen MR) is 98.6 cm³/mol. The van der Waals surface area contributed by atoms with Crippen molar-refractivity contribution in [3.05, 3.63) is 65.1 Å². The van der Waals surface area contributed by atoms with E-state index in [9.17, 15) is 4.79 Å². The number of benzene rings is 1. The lowest BCUT2D eigenvalue weighted by atomic mass is 9.96. The van der Waals surface area contributed by atoms with Crippen molar-refractivity contribution in [1.82, 2.24) is 10.5 Å². The van der Waals surface area contributed by atoms with Gasteiger partial charge in [-0.15, -0.1) is 0 Å².